The van der Waals surface area contributed by atoms with Crippen LogP contribution in [0.15, 0.2) is 97.2 Å². The van der Waals surface area contributed by atoms with E-state index < -0.39 is 0 Å². The Hall–Kier alpha value is -3.39. The van der Waals surface area contributed by atoms with Crippen molar-refractivity contribution in [1.29, 1.82) is 0 Å². The van der Waals surface area contributed by atoms with E-state index in [1.165, 1.54) is 27.8 Å². The van der Waals surface area contributed by atoms with Crippen LogP contribution in [0.5, 0.6) is 0 Å². The van der Waals surface area contributed by atoms with Crippen LogP contribution in [0.4, 0.5) is 5.69 Å². The molecule has 0 radical (unpaired) electrons. The monoisotopic (exact) mass is 348 g/mol. The van der Waals surface area contributed by atoms with Gasteiger partial charge in [0.15, 0.2) is 0 Å². The molecule has 0 N–H and O–H groups in total. The number of allylic oxidation sites excluding steroid dienone is 1. The van der Waals surface area contributed by atoms with Crippen LogP contribution < -0.4 is 4.90 Å². The maximum absolute atomic E-state index is 4.99. The Kier molecular flexibility index (Phi) is 3.75. The van der Waals surface area contributed by atoms with Gasteiger partial charge in [-0.25, -0.2) is 4.98 Å². The summed E-state index contributed by atoms with van der Waals surface area (Å²) in [6, 6.07) is 32.0. The van der Waals surface area contributed by atoms with Gasteiger partial charge in [-0.2, -0.15) is 0 Å². The zero-order chi connectivity index (χ0) is 18.2. The van der Waals surface area contributed by atoms with Crippen LogP contribution in [0.3, 0.4) is 0 Å². The van der Waals surface area contributed by atoms with E-state index in [9.17, 15) is 0 Å². The molecule has 27 heavy (non-hydrogen) atoms. The van der Waals surface area contributed by atoms with E-state index in [1.807, 2.05) is 6.07 Å². The Bertz CT molecular complexity index is 1150. The van der Waals surface area contributed by atoms with Gasteiger partial charge >= 0.3 is 0 Å². The Morgan fingerprint density at radius 1 is 0.741 bits per heavy atom. The summed E-state index contributed by atoms with van der Waals surface area (Å²) in [6.45, 7) is 0. The molecule has 1 aliphatic rings. The number of anilines is 1. The normalized spacial score (nSPS) is 16.1. The largest absolute Gasteiger partial charge is 0.350 e. The molecule has 0 amide bonds. The molecule has 0 spiro atoms. The van der Waals surface area contributed by atoms with Gasteiger partial charge in [0.1, 0.15) is 0 Å². The number of aromatic nitrogens is 1. The van der Waals surface area contributed by atoms with E-state index in [0.717, 1.165) is 11.2 Å². The number of benzene rings is 3. The average molecular weight is 348 g/mol. The topological polar surface area (TPSA) is 16.1 Å². The average Bonchev–Trinajstić information content (AvgIpc) is 2.74. The van der Waals surface area contributed by atoms with Crippen molar-refractivity contribution in [3.63, 3.8) is 0 Å². The summed E-state index contributed by atoms with van der Waals surface area (Å²) in [6.07, 6.45) is 2.23. The van der Waals surface area contributed by atoms with Crippen LogP contribution in [0.2, 0.25) is 0 Å². The highest BCUT2D eigenvalue weighted by atomic mass is 15.1. The minimum Gasteiger partial charge on any atom is -0.350 e. The highest BCUT2D eigenvalue weighted by molar-refractivity contribution is 5.86. The molecule has 1 aromatic heterocycles. The van der Waals surface area contributed by atoms with Gasteiger partial charge < -0.3 is 4.90 Å². The zero-order valence-corrected chi connectivity index (χ0v) is 15.2. The minimum atomic E-state index is 0.173. The van der Waals surface area contributed by atoms with Crippen molar-refractivity contribution in [2.24, 2.45) is 0 Å². The molecular weight excluding hydrogens is 328 g/mol. The molecule has 0 saturated carbocycles. The number of nitrogens with zero attached hydrogens (tertiary/aromatic N) is 2. The van der Waals surface area contributed by atoms with Crippen LogP contribution >= 0.6 is 0 Å². The van der Waals surface area contributed by atoms with Crippen molar-refractivity contribution in [3.8, 4) is 0 Å². The molecule has 0 fully saturated rings. The van der Waals surface area contributed by atoms with Gasteiger partial charge in [0, 0.05) is 35.8 Å². The maximum Gasteiger partial charge on any atom is 0.0709 e. The lowest BCUT2D eigenvalue weighted by atomic mass is 9.80. The van der Waals surface area contributed by atoms with Gasteiger partial charge in [0.2, 0.25) is 0 Å². The lowest BCUT2D eigenvalue weighted by molar-refractivity contribution is 0.976. The fraction of sp³-hybridized carbons (Fsp3) is 0.0800. The number of fused-ring (bicyclic) bond motifs is 2. The maximum atomic E-state index is 4.99. The predicted octanol–water partition coefficient (Wildman–Crippen LogP) is 5.86. The van der Waals surface area contributed by atoms with Gasteiger partial charge in [-0.05, 0) is 29.3 Å². The van der Waals surface area contributed by atoms with Crippen molar-refractivity contribution in [2.45, 2.75) is 5.92 Å². The molecule has 1 aliphatic heterocycles. The zero-order valence-electron chi connectivity index (χ0n) is 15.2. The second-order valence-electron chi connectivity index (χ2n) is 6.99. The van der Waals surface area contributed by atoms with Crippen molar-refractivity contribution < 1.29 is 0 Å². The van der Waals surface area contributed by atoms with E-state index in [0.29, 0.717) is 0 Å². The van der Waals surface area contributed by atoms with E-state index in [-0.39, 0.29) is 5.92 Å². The standard InChI is InChI=1S/C25H20N2/c1-27-17-21(23-16-15-18-9-5-7-13-22(18)26-23)25(19-10-3-2-4-11-19)20-12-6-8-14-24(20)27/h2-17,25H,1H3/t25-/m1/s1. The molecule has 0 saturated heterocycles. The molecule has 0 unspecified atom stereocenters. The molecule has 5 rings (SSSR count). The minimum absolute atomic E-state index is 0.173. The Balaban J connectivity index is 1.73. The quantitative estimate of drug-likeness (QED) is 0.451. The summed E-state index contributed by atoms with van der Waals surface area (Å²) in [5, 5.41) is 1.17. The summed E-state index contributed by atoms with van der Waals surface area (Å²) >= 11 is 0. The summed E-state index contributed by atoms with van der Waals surface area (Å²) in [5.74, 6) is 0.173. The molecular formula is C25H20N2. The SMILES string of the molecule is CN1C=C(c2ccc3ccccc3n2)[C@H](c2ccccc2)c2ccccc21. The van der Waals surface area contributed by atoms with Crippen LogP contribution in [0.1, 0.15) is 22.7 Å². The molecule has 2 nitrogen and oxygen atoms in total. The fourth-order valence-corrected chi connectivity index (χ4v) is 4.02. The second-order valence-corrected chi connectivity index (χ2v) is 6.99. The first kappa shape index (κ1) is 15.8. The third-order valence-corrected chi connectivity index (χ3v) is 5.30. The van der Waals surface area contributed by atoms with Crippen molar-refractivity contribution in [1.82, 2.24) is 4.98 Å². The molecule has 2 heteroatoms. The van der Waals surface area contributed by atoms with E-state index in [4.69, 9.17) is 4.98 Å². The smallest absolute Gasteiger partial charge is 0.0709 e. The van der Waals surface area contributed by atoms with E-state index in [2.05, 4.69) is 103 Å². The van der Waals surface area contributed by atoms with Crippen LogP contribution in [-0.2, 0) is 0 Å². The number of hydrogen-bond acceptors (Lipinski definition) is 2. The Morgan fingerprint density at radius 2 is 1.48 bits per heavy atom. The molecule has 0 aliphatic carbocycles. The lowest BCUT2D eigenvalue weighted by Gasteiger charge is -2.33. The number of pyridine rings is 1. The highest BCUT2D eigenvalue weighted by Gasteiger charge is 2.28. The third-order valence-electron chi connectivity index (χ3n) is 5.30. The van der Waals surface area contributed by atoms with Gasteiger partial charge in [0.25, 0.3) is 0 Å². The van der Waals surface area contributed by atoms with Gasteiger partial charge in [-0.1, -0.05) is 72.8 Å². The molecule has 130 valence electrons. The molecule has 3 aromatic carbocycles. The van der Waals surface area contributed by atoms with Crippen LogP contribution in [-0.4, -0.2) is 12.0 Å². The summed E-state index contributed by atoms with van der Waals surface area (Å²) in [7, 11) is 2.11. The first-order valence-electron chi connectivity index (χ1n) is 9.26. The fourth-order valence-electron chi connectivity index (χ4n) is 4.02. The molecule has 4 aromatic rings. The first-order chi connectivity index (χ1) is 13.3. The third kappa shape index (κ3) is 2.70. The van der Waals surface area contributed by atoms with Crippen LogP contribution in [0, 0.1) is 0 Å². The predicted molar refractivity (Wildman–Crippen MR) is 113 cm³/mol. The summed E-state index contributed by atoms with van der Waals surface area (Å²) in [5.41, 5.74) is 7.15. The van der Waals surface area contributed by atoms with E-state index >= 15 is 0 Å². The molecule has 1 atom stereocenters. The number of rotatable bonds is 2. The molecule has 0 bridgehead atoms. The Labute approximate surface area is 159 Å². The second kappa shape index (κ2) is 6.40. The van der Waals surface area contributed by atoms with Crippen molar-refractivity contribution in [2.75, 3.05) is 11.9 Å². The van der Waals surface area contributed by atoms with Crippen molar-refractivity contribution >= 4 is 22.2 Å². The molecule has 2 heterocycles. The summed E-state index contributed by atoms with van der Waals surface area (Å²) < 4.78 is 0. The Morgan fingerprint density at radius 3 is 2.37 bits per heavy atom. The number of hydrogen-bond donors (Lipinski definition) is 0. The van der Waals surface area contributed by atoms with Crippen molar-refractivity contribution in [3.05, 3.63) is 114 Å². The van der Waals surface area contributed by atoms with E-state index in [1.54, 1.807) is 0 Å². The van der Waals surface area contributed by atoms with Gasteiger partial charge in [0.05, 0.1) is 11.2 Å². The van der Waals surface area contributed by atoms with Crippen LogP contribution in [0.25, 0.3) is 16.5 Å². The number of para-hydroxylation sites is 2. The van der Waals surface area contributed by atoms with Gasteiger partial charge in [-0.15, -0.1) is 0 Å². The lowest BCUT2D eigenvalue weighted by Crippen LogP contribution is -2.21. The highest BCUT2D eigenvalue weighted by Crippen LogP contribution is 2.45. The first-order valence-corrected chi connectivity index (χ1v) is 9.26. The summed E-state index contributed by atoms with van der Waals surface area (Å²) in [4.78, 5) is 7.20. The van der Waals surface area contributed by atoms with Gasteiger partial charge in [-0.3, -0.25) is 0 Å².